The van der Waals surface area contributed by atoms with Crippen molar-refractivity contribution in [3.05, 3.63) is 125 Å². The van der Waals surface area contributed by atoms with Crippen LogP contribution in [0.25, 0.3) is 73.1 Å². The van der Waals surface area contributed by atoms with Gasteiger partial charge in [0.25, 0.3) is 0 Å². The maximum Gasteiger partial charge on any atom is 0.0617 e. The normalized spacial score (nSPS) is 14.4. The molecule has 0 atom stereocenters. The second kappa shape index (κ2) is 8.34. The van der Waals surface area contributed by atoms with Crippen molar-refractivity contribution in [3.63, 3.8) is 0 Å². The van der Waals surface area contributed by atoms with Crippen LogP contribution in [0.5, 0.6) is 0 Å². The number of fused-ring (bicyclic) bond motifs is 8. The molecule has 0 N–H and O–H groups in total. The molecule has 0 amide bonds. The smallest absolute Gasteiger partial charge is 0.0617 e. The van der Waals surface area contributed by atoms with Crippen molar-refractivity contribution in [1.29, 1.82) is 0 Å². The average molecular weight is 513 g/mol. The summed E-state index contributed by atoms with van der Waals surface area (Å²) in [5.74, 6) is 0. The van der Waals surface area contributed by atoms with Crippen molar-refractivity contribution in [1.82, 2.24) is 9.13 Å². The zero-order chi connectivity index (χ0) is 26.2. The molecule has 0 saturated heterocycles. The van der Waals surface area contributed by atoms with Gasteiger partial charge in [0.2, 0.25) is 0 Å². The minimum Gasteiger partial charge on any atom is -0.308 e. The first-order chi connectivity index (χ1) is 19.9. The van der Waals surface area contributed by atoms with Crippen molar-refractivity contribution in [2.45, 2.75) is 25.7 Å². The second-order valence-corrected chi connectivity index (χ2v) is 11.1. The lowest BCUT2D eigenvalue weighted by molar-refractivity contribution is 0.965. The van der Waals surface area contributed by atoms with Crippen LogP contribution in [0.3, 0.4) is 0 Å². The number of nitrogens with zero attached hydrogens (tertiary/aromatic N) is 2. The van der Waals surface area contributed by atoms with E-state index in [1.165, 1.54) is 76.6 Å². The molecule has 7 aromatic rings. The molecule has 2 heteroatoms. The van der Waals surface area contributed by atoms with Gasteiger partial charge in [-0.05, 0) is 55.5 Å². The van der Waals surface area contributed by atoms with Gasteiger partial charge in [0.1, 0.15) is 0 Å². The Hall–Kier alpha value is -4.82. The molecule has 2 aromatic heterocycles. The highest BCUT2D eigenvalue weighted by Crippen LogP contribution is 2.37. The molecule has 0 bridgehead atoms. The van der Waals surface area contributed by atoms with Crippen molar-refractivity contribution in [2.75, 3.05) is 0 Å². The number of benzene rings is 5. The van der Waals surface area contributed by atoms with Gasteiger partial charge < -0.3 is 9.13 Å². The highest BCUT2D eigenvalue weighted by molar-refractivity contribution is 6.11. The predicted molar refractivity (Wildman–Crippen MR) is 170 cm³/mol. The van der Waals surface area contributed by atoms with Gasteiger partial charge in [-0.2, -0.15) is 0 Å². The van der Waals surface area contributed by atoms with Crippen LogP contribution in [0, 0.1) is 0 Å². The Morgan fingerprint density at radius 1 is 0.450 bits per heavy atom. The molecule has 2 nitrogen and oxygen atoms in total. The van der Waals surface area contributed by atoms with Crippen molar-refractivity contribution < 1.29 is 0 Å². The van der Waals surface area contributed by atoms with Crippen molar-refractivity contribution >= 4 is 61.7 Å². The largest absolute Gasteiger partial charge is 0.308 e. The van der Waals surface area contributed by atoms with Gasteiger partial charge in [-0.3, -0.25) is 0 Å². The standard InChI is InChI=1S/C38H28N2/c1-2-18-30-29(17-1)37(39-33-21-9-5-13-25(33)26-14-6-10-22-34(26)39)31-19-3-4-20-32(31)38(30)40-35-23-11-7-15-27(35)28-16-8-12-24-36(28)40/h1-2,5-7,9-15,17-24H,3-4,8,16H2. The first kappa shape index (κ1) is 22.0. The van der Waals surface area contributed by atoms with Crippen LogP contribution < -0.4 is 10.4 Å². The summed E-state index contributed by atoms with van der Waals surface area (Å²) in [6.07, 6.45) is 14.0. The van der Waals surface area contributed by atoms with Gasteiger partial charge in [0, 0.05) is 43.1 Å². The maximum absolute atomic E-state index is 2.56. The van der Waals surface area contributed by atoms with E-state index in [4.69, 9.17) is 0 Å². The first-order valence-electron chi connectivity index (χ1n) is 14.4. The Morgan fingerprint density at radius 3 is 1.52 bits per heavy atom. The average Bonchev–Trinajstić information content (AvgIpc) is 3.53. The third kappa shape index (κ3) is 2.88. The van der Waals surface area contributed by atoms with Gasteiger partial charge in [-0.1, -0.05) is 97.1 Å². The fraction of sp³-hybridized carbons (Fsp3) is 0.105. The Labute approximate surface area is 232 Å². The molecule has 0 saturated carbocycles. The molecule has 9 rings (SSSR count). The van der Waals surface area contributed by atoms with Gasteiger partial charge >= 0.3 is 0 Å². The number of hydrogen-bond acceptors (Lipinski definition) is 0. The summed E-state index contributed by atoms with van der Waals surface area (Å²) in [6.45, 7) is 0. The van der Waals surface area contributed by atoms with Crippen LogP contribution in [0.15, 0.2) is 103 Å². The zero-order valence-corrected chi connectivity index (χ0v) is 22.3. The van der Waals surface area contributed by atoms with Crippen LogP contribution in [0.2, 0.25) is 0 Å². The summed E-state index contributed by atoms with van der Waals surface area (Å²) in [5.41, 5.74) is 9.24. The Balaban J connectivity index is 1.52. The molecule has 190 valence electrons. The molecule has 0 radical (unpaired) electrons. The number of rotatable bonds is 2. The molecule has 0 unspecified atom stereocenters. The topological polar surface area (TPSA) is 9.86 Å². The molecule has 0 fully saturated rings. The van der Waals surface area contributed by atoms with E-state index in [9.17, 15) is 0 Å². The SMILES string of the molecule is C1=Cc2c(c3ccccc3n2-c2c3c(c(-n4c5ccccc5c5ccccc54)c4ccccc24)=CCCC=3)CC1. The molecule has 0 spiro atoms. The fourth-order valence-electron chi connectivity index (χ4n) is 7.38. The number of aryl methyl sites for hydroxylation is 1. The lowest BCUT2D eigenvalue weighted by Crippen LogP contribution is -2.35. The van der Waals surface area contributed by atoms with Crippen LogP contribution in [0.1, 0.15) is 30.5 Å². The minimum atomic E-state index is 1.05. The fourth-order valence-corrected chi connectivity index (χ4v) is 7.38. The maximum atomic E-state index is 2.56. The molecular formula is C38H28N2. The third-order valence-electron chi connectivity index (χ3n) is 8.99. The Morgan fingerprint density at radius 2 is 0.925 bits per heavy atom. The summed E-state index contributed by atoms with van der Waals surface area (Å²) < 4.78 is 5.08. The van der Waals surface area contributed by atoms with Gasteiger partial charge in [-0.25, -0.2) is 0 Å². The highest BCUT2D eigenvalue weighted by atomic mass is 15.0. The van der Waals surface area contributed by atoms with Crippen LogP contribution in [0.4, 0.5) is 0 Å². The Kier molecular flexibility index (Phi) is 4.59. The van der Waals surface area contributed by atoms with E-state index < -0.39 is 0 Å². The first-order valence-corrected chi connectivity index (χ1v) is 14.4. The van der Waals surface area contributed by atoms with Crippen LogP contribution in [-0.4, -0.2) is 9.13 Å². The van der Waals surface area contributed by atoms with Crippen LogP contribution >= 0.6 is 0 Å². The summed E-state index contributed by atoms with van der Waals surface area (Å²) >= 11 is 0. The molecule has 0 aliphatic heterocycles. The van der Waals surface area contributed by atoms with E-state index in [2.05, 4.69) is 131 Å². The number of para-hydroxylation sites is 3. The molecule has 2 aliphatic rings. The van der Waals surface area contributed by atoms with E-state index >= 15 is 0 Å². The van der Waals surface area contributed by atoms with Gasteiger partial charge in [0.05, 0.1) is 27.9 Å². The van der Waals surface area contributed by atoms with Crippen molar-refractivity contribution in [3.8, 4) is 11.4 Å². The van der Waals surface area contributed by atoms with Crippen LogP contribution in [-0.2, 0) is 6.42 Å². The molecular weight excluding hydrogens is 484 g/mol. The van der Waals surface area contributed by atoms with E-state index in [1.807, 2.05) is 0 Å². The third-order valence-corrected chi connectivity index (χ3v) is 8.99. The summed E-state index contributed by atoms with van der Waals surface area (Å²) in [6, 6.07) is 35.8. The van der Waals surface area contributed by atoms with E-state index in [0.29, 0.717) is 0 Å². The predicted octanol–water partition coefficient (Wildman–Crippen LogP) is 8.20. The number of aromatic nitrogens is 2. The summed E-state index contributed by atoms with van der Waals surface area (Å²) in [5, 5.41) is 9.27. The van der Waals surface area contributed by atoms with E-state index in [-0.39, 0.29) is 0 Å². The van der Waals surface area contributed by atoms with E-state index in [1.54, 1.807) is 0 Å². The lowest BCUT2D eigenvalue weighted by atomic mass is 9.96. The molecule has 40 heavy (non-hydrogen) atoms. The number of hydrogen-bond donors (Lipinski definition) is 0. The monoisotopic (exact) mass is 512 g/mol. The van der Waals surface area contributed by atoms with Gasteiger partial charge in [0.15, 0.2) is 0 Å². The van der Waals surface area contributed by atoms with Gasteiger partial charge in [-0.15, -0.1) is 0 Å². The van der Waals surface area contributed by atoms with Crippen molar-refractivity contribution in [2.24, 2.45) is 0 Å². The summed E-state index contributed by atoms with van der Waals surface area (Å²) in [7, 11) is 0. The van der Waals surface area contributed by atoms with E-state index in [0.717, 1.165) is 25.7 Å². The number of allylic oxidation sites excluding steroid dienone is 1. The zero-order valence-electron chi connectivity index (χ0n) is 22.3. The summed E-state index contributed by atoms with van der Waals surface area (Å²) in [4.78, 5) is 0. The quantitative estimate of drug-likeness (QED) is 0.221. The highest BCUT2D eigenvalue weighted by Gasteiger charge is 2.24. The molecule has 2 heterocycles. The Bertz CT molecular complexity index is 2270. The molecule has 5 aromatic carbocycles. The lowest BCUT2D eigenvalue weighted by Gasteiger charge is -2.21. The molecule has 2 aliphatic carbocycles. The minimum absolute atomic E-state index is 1.05. The second-order valence-electron chi connectivity index (χ2n) is 11.1.